The van der Waals surface area contributed by atoms with E-state index in [-0.39, 0.29) is 5.25 Å². The first-order valence-corrected chi connectivity index (χ1v) is 8.87. The second kappa shape index (κ2) is 5.47. The highest BCUT2D eigenvalue weighted by Crippen LogP contribution is 2.25. The molecule has 0 aliphatic heterocycles. The first-order chi connectivity index (χ1) is 6.93. The lowest BCUT2D eigenvalue weighted by Crippen LogP contribution is -2.51. The minimum Gasteiger partial charge on any atom is -0.212 e. The van der Waals surface area contributed by atoms with E-state index in [2.05, 4.69) is 36.6 Å². The van der Waals surface area contributed by atoms with Gasteiger partial charge in [0.25, 0.3) is 0 Å². The van der Waals surface area contributed by atoms with Crippen LogP contribution in [0, 0.1) is 0 Å². The van der Waals surface area contributed by atoms with Crippen molar-refractivity contribution in [3.05, 3.63) is 0 Å². The van der Waals surface area contributed by atoms with Crippen LogP contribution in [0.1, 0.15) is 32.6 Å². The average Bonchev–Trinajstić information content (AvgIpc) is 2.70. The van der Waals surface area contributed by atoms with Gasteiger partial charge in [0.1, 0.15) is 0 Å². The fourth-order valence-corrected chi connectivity index (χ4v) is 5.25. The zero-order chi connectivity index (χ0) is 11.5. The molecular formula is C9H17Br2NO2S. The largest absolute Gasteiger partial charge is 0.215 e. The first kappa shape index (κ1) is 13.9. The maximum absolute atomic E-state index is 12.0. The lowest BCUT2D eigenvalue weighted by molar-refractivity contribution is 0.499. The van der Waals surface area contributed by atoms with Gasteiger partial charge in [-0.1, -0.05) is 44.7 Å². The van der Waals surface area contributed by atoms with Crippen molar-refractivity contribution in [2.24, 2.45) is 0 Å². The smallest absolute Gasteiger partial charge is 0.212 e. The summed E-state index contributed by atoms with van der Waals surface area (Å²) >= 11 is 6.67. The van der Waals surface area contributed by atoms with E-state index in [4.69, 9.17) is 0 Å². The van der Waals surface area contributed by atoms with Crippen molar-refractivity contribution in [2.45, 2.75) is 43.4 Å². The van der Waals surface area contributed by atoms with E-state index in [1.165, 1.54) is 0 Å². The van der Waals surface area contributed by atoms with E-state index in [0.29, 0.717) is 10.7 Å². The maximum Gasteiger partial charge on any atom is 0.215 e. The molecule has 0 amide bonds. The van der Waals surface area contributed by atoms with E-state index in [9.17, 15) is 8.42 Å². The number of rotatable bonds is 5. The molecule has 0 aromatic carbocycles. The SMILES string of the molecule is CC(CBr)(CBr)NS(=O)(=O)C1CCCC1. The highest BCUT2D eigenvalue weighted by Gasteiger charge is 2.34. The number of hydrogen-bond acceptors (Lipinski definition) is 2. The number of nitrogens with one attached hydrogen (secondary N) is 1. The molecule has 1 N–H and O–H groups in total. The summed E-state index contributed by atoms with van der Waals surface area (Å²) in [5.74, 6) is 0. The molecule has 0 spiro atoms. The molecule has 0 aromatic rings. The summed E-state index contributed by atoms with van der Waals surface area (Å²) in [6, 6.07) is 0. The van der Waals surface area contributed by atoms with Gasteiger partial charge in [-0.25, -0.2) is 13.1 Å². The van der Waals surface area contributed by atoms with Gasteiger partial charge in [-0.05, 0) is 19.8 Å². The molecule has 15 heavy (non-hydrogen) atoms. The Morgan fingerprint density at radius 3 is 2.13 bits per heavy atom. The lowest BCUT2D eigenvalue weighted by Gasteiger charge is -2.27. The van der Waals surface area contributed by atoms with E-state index < -0.39 is 15.6 Å². The average molecular weight is 363 g/mol. The minimum absolute atomic E-state index is 0.185. The van der Waals surface area contributed by atoms with Crippen molar-refractivity contribution in [1.29, 1.82) is 0 Å². The zero-order valence-electron chi connectivity index (χ0n) is 8.80. The summed E-state index contributed by atoms with van der Waals surface area (Å²) in [6.07, 6.45) is 3.67. The Morgan fingerprint density at radius 1 is 1.27 bits per heavy atom. The molecule has 0 unspecified atom stereocenters. The standard InChI is InChI=1S/C9H17Br2NO2S/c1-9(6-10,7-11)12-15(13,14)8-4-2-3-5-8/h8,12H,2-7H2,1H3. The van der Waals surface area contributed by atoms with Gasteiger partial charge in [0, 0.05) is 16.2 Å². The van der Waals surface area contributed by atoms with Crippen molar-refractivity contribution < 1.29 is 8.42 Å². The Balaban J connectivity index is 2.70. The maximum atomic E-state index is 12.0. The van der Waals surface area contributed by atoms with Crippen LogP contribution in [0.3, 0.4) is 0 Å². The van der Waals surface area contributed by atoms with Gasteiger partial charge in [-0.3, -0.25) is 0 Å². The normalized spacial score (nSPS) is 19.7. The zero-order valence-corrected chi connectivity index (χ0v) is 12.8. The van der Waals surface area contributed by atoms with Crippen LogP contribution in [-0.4, -0.2) is 29.9 Å². The number of halogens is 2. The second-order valence-electron chi connectivity index (χ2n) is 4.38. The van der Waals surface area contributed by atoms with Gasteiger partial charge in [0.05, 0.1) is 5.25 Å². The summed E-state index contributed by atoms with van der Waals surface area (Å²) in [4.78, 5) is 0. The molecule has 0 atom stereocenters. The molecule has 0 bridgehead atoms. The molecule has 1 fully saturated rings. The van der Waals surface area contributed by atoms with Crippen molar-refractivity contribution >= 4 is 41.9 Å². The minimum atomic E-state index is -3.15. The molecule has 90 valence electrons. The fourth-order valence-electron chi connectivity index (χ4n) is 1.72. The summed E-state index contributed by atoms with van der Waals surface area (Å²) in [5.41, 5.74) is -0.429. The molecule has 0 saturated heterocycles. The highest BCUT2D eigenvalue weighted by molar-refractivity contribution is 9.09. The highest BCUT2D eigenvalue weighted by atomic mass is 79.9. The quantitative estimate of drug-likeness (QED) is 0.763. The van der Waals surface area contributed by atoms with Crippen molar-refractivity contribution in [2.75, 3.05) is 10.7 Å². The monoisotopic (exact) mass is 361 g/mol. The van der Waals surface area contributed by atoms with Crippen molar-refractivity contribution in [3.63, 3.8) is 0 Å². The van der Waals surface area contributed by atoms with Crippen molar-refractivity contribution in [3.8, 4) is 0 Å². The van der Waals surface area contributed by atoms with E-state index in [1.54, 1.807) is 0 Å². The molecule has 0 heterocycles. The Kier molecular flexibility index (Phi) is 5.08. The van der Waals surface area contributed by atoms with Gasteiger partial charge in [0.2, 0.25) is 10.0 Å². The summed E-state index contributed by atoms with van der Waals surface area (Å²) in [7, 11) is -3.15. The van der Waals surface area contributed by atoms with E-state index in [0.717, 1.165) is 25.7 Å². The van der Waals surface area contributed by atoms with Crippen LogP contribution >= 0.6 is 31.9 Å². The molecule has 1 saturated carbocycles. The third-order valence-electron chi connectivity index (χ3n) is 2.72. The van der Waals surface area contributed by atoms with Gasteiger partial charge in [0.15, 0.2) is 0 Å². The van der Waals surface area contributed by atoms with Crippen LogP contribution in [0.2, 0.25) is 0 Å². The summed E-state index contributed by atoms with van der Waals surface area (Å²) in [5, 5.41) is 1.03. The number of sulfonamides is 1. The van der Waals surface area contributed by atoms with Gasteiger partial charge in [-0.2, -0.15) is 0 Å². The van der Waals surface area contributed by atoms with Crippen LogP contribution in [0.4, 0.5) is 0 Å². The third kappa shape index (κ3) is 3.68. The van der Waals surface area contributed by atoms with Crippen LogP contribution in [0.15, 0.2) is 0 Å². The van der Waals surface area contributed by atoms with Crippen molar-refractivity contribution in [1.82, 2.24) is 4.72 Å². The first-order valence-electron chi connectivity index (χ1n) is 5.08. The fraction of sp³-hybridized carbons (Fsp3) is 1.00. The molecule has 3 nitrogen and oxygen atoms in total. The molecule has 1 aliphatic carbocycles. The Morgan fingerprint density at radius 2 is 1.73 bits per heavy atom. The Hall–Kier alpha value is 0.870. The Bertz CT molecular complexity index is 295. The predicted molar refractivity (Wildman–Crippen MR) is 70.3 cm³/mol. The van der Waals surface area contributed by atoms with Crippen LogP contribution in [-0.2, 0) is 10.0 Å². The van der Waals surface area contributed by atoms with Crippen LogP contribution < -0.4 is 4.72 Å². The molecular weight excluding hydrogens is 346 g/mol. The Labute approximate surface area is 109 Å². The molecule has 1 aliphatic rings. The topological polar surface area (TPSA) is 46.2 Å². The lowest BCUT2D eigenvalue weighted by atomic mass is 10.1. The summed E-state index contributed by atoms with van der Waals surface area (Å²) < 4.78 is 26.8. The third-order valence-corrected chi connectivity index (χ3v) is 7.32. The van der Waals surface area contributed by atoms with Crippen LogP contribution in [0.5, 0.6) is 0 Å². The molecule has 1 rings (SSSR count). The van der Waals surface area contributed by atoms with E-state index >= 15 is 0 Å². The number of alkyl halides is 2. The van der Waals surface area contributed by atoms with Gasteiger partial charge < -0.3 is 0 Å². The predicted octanol–water partition coefficient (Wildman–Crippen LogP) is 2.40. The van der Waals surface area contributed by atoms with Gasteiger partial charge in [-0.15, -0.1) is 0 Å². The van der Waals surface area contributed by atoms with Gasteiger partial charge >= 0.3 is 0 Å². The van der Waals surface area contributed by atoms with Crippen LogP contribution in [0.25, 0.3) is 0 Å². The second-order valence-corrected chi connectivity index (χ2v) is 7.46. The molecule has 0 radical (unpaired) electrons. The van der Waals surface area contributed by atoms with E-state index in [1.807, 2.05) is 6.92 Å². The molecule has 0 aromatic heterocycles. The number of hydrogen-bond donors (Lipinski definition) is 1. The molecule has 6 heteroatoms. The summed E-state index contributed by atoms with van der Waals surface area (Å²) in [6.45, 7) is 1.89.